The summed E-state index contributed by atoms with van der Waals surface area (Å²) in [5.41, 5.74) is 2.97. The number of carbonyl (C=O) groups is 1. The molecule has 3 heterocycles. The second kappa shape index (κ2) is 6.85. The highest BCUT2D eigenvalue weighted by molar-refractivity contribution is 7.84. The van der Waals surface area contributed by atoms with Gasteiger partial charge in [-0.3, -0.25) is 14.0 Å². The average molecular weight is 372 g/mol. The number of amides is 1. The predicted octanol–water partition coefficient (Wildman–Crippen LogP) is 1.55. The number of aromatic nitrogens is 3. The highest BCUT2D eigenvalue weighted by atomic mass is 32.2. The summed E-state index contributed by atoms with van der Waals surface area (Å²) in [4.78, 5) is 29.3. The summed E-state index contributed by atoms with van der Waals surface area (Å²) < 4.78 is 17.6. The first-order valence-electron chi connectivity index (χ1n) is 7.93. The molecule has 1 N–H and O–H groups in total. The molecule has 4 rings (SSSR count). The van der Waals surface area contributed by atoms with Crippen LogP contribution in [-0.2, 0) is 32.6 Å². The zero-order chi connectivity index (χ0) is 18.1. The van der Waals surface area contributed by atoms with Crippen molar-refractivity contribution in [2.45, 2.75) is 17.5 Å². The van der Waals surface area contributed by atoms with Crippen LogP contribution in [0.4, 0.5) is 0 Å². The maximum Gasteiger partial charge on any atom is 0.281 e. The highest BCUT2D eigenvalue weighted by Gasteiger charge is 2.29. The van der Waals surface area contributed by atoms with Crippen LogP contribution in [0.2, 0.25) is 0 Å². The van der Waals surface area contributed by atoms with Crippen molar-refractivity contribution in [2.24, 2.45) is 0 Å². The molecule has 0 radical (unpaired) electrons. The monoisotopic (exact) mass is 372 g/mol. The summed E-state index contributed by atoms with van der Waals surface area (Å²) in [5, 5.41) is 1.63. The number of carbonyl (C=O) groups excluding carboxylic acids is 1. The van der Waals surface area contributed by atoms with Gasteiger partial charge in [-0.1, -0.05) is 12.1 Å². The van der Waals surface area contributed by atoms with E-state index >= 15 is 0 Å². The fraction of sp³-hybridized carbons (Fsp3) is 0.235. The Labute approximate surface area is 151 Å². The minimum atomic E-state index is -1.40. The highest BCUT2D eigenvalue weighted by Crippen LogP contribution is 2.30. The van der Waals surface area contributed by atoms with Crippen LogP contribution in [0.1, 0.15) is 11.3 Å². The number of pyridine rings is 1. The van der Waals surface area contributed by atoms with E-state index in [0.717, 1.165) is 16.6 Å². The summed E-state index contributed by atoms with van der Waals surface area (Å²) in [6.07, 6.45) is 1.58. The number of benzene rings is 1. The molecule has 1 aromatic carbocycles. The lowest BCUT2D eigenvalue weighted by molar-refractivity contribution is -0.159. The lowest BCUT2D eigenvalue weighted by Gasteiger charge is -2.13. The fourth-order valence-electron chi connectivity index (χ4n) is 2.75. The van der Waals surface area contributed by atoms with E-state index in [1.165, 1.54) is 12.2 Å². The van der Waals surface area contributed by atoms with Gasteiger partial charge in [-0.15, -0.1) is 0 Å². The van der Waals surface area contributed by atoms with Gasteiger partial charge in [0.05, 0.1) is 39.8 Å². The molecule has 134 valence electrons. The van der Waals surface area contributed by atoms with Crippen molar-refractivity contribution in [3.63, 3.8) is 0 Å². The summed E-state index contributed by atoms with van der Waals surface area (Å²) in [5.74, 6) is 0.438. The third-order valence-corrected chi connectivity index (χ3v) is 5.17. The Kier molecular flexibility index (Phi) is 4.39. The van der Waals surface area contributed by atoms with Gasteiger partial charge in [0.25, 0.3) is 5.91 Å². The number of methoxy groups -OCH3 is 1. The van der Waals surface area contributed by atoms with Crippen LogP contribution in [0.3, 0.4) is 0 Å². The number of nitrogens with zero attached hydrogens (tertiary/aromatic N) is 3. The van der Waals surface area contributed by atoms with E-state index in [2.05, 4.69) is 15.0 Å². The summed E-state index contributed by atoms with van der Waals surface area (Å²) in [6.45, 7) is 0.180. The van der Waals surface area contributed by atoms with Crippen LogP contribution in [-0.4, -0.2) is 43.8 Å². The van der Waals surface area contributed by atoms with Gasteiger partial charge in [0.2, 0.25) is 0 Å². The normalized spacial score (nSPS) is 14.3. The van der Waals surface area contributed by atoms with Crippen molar-refractivity contribution in [1.29, 1.82) is 0 Å². The number of H-pyrrole nitrogens is 1. The molecule has 0 aliphatic carbocycles. The fourth-order valence-corrected chi connectivity index (χ4v) is 3.81. The van der Waals surface area contributed by atoms with Gasteiger partial charge in [0.1, 0.15) is 6.61 Å². The van der Waals surface area contributed by atoms with Gasteiger partial charge in [0, 0.05) is 24.9 Å². The SMILES string of the molecule is COCC(=O)N1Cc2c(ccnc2CS(=O)c2nc3ccccc3[nH]2)O1. The number of imidazole rings is 1. The number of para-hydroxylation sites is 2. The van der Waals surface area contributed by atoms with Gasteiger partial charge in [-0.05, 0) is 12.1 Å². The van der Waals surface area contributed by atoms with Crippen molar-refractivity contribution in [3.05, 3.63) is 47.8 Å². The Hall–Kier alpha value is -2.78. The smallest absolute Gasteiger partial charge is 0.281 e. The van der Waals surface area contributed by atoms with Gasteiger partial charge in [-0.2, -0.15) is 5.06 Å². The third-order valence-electron chi connectivity index (χ3n) is 4.01. The molecule has 0 saturated heterocycles. The van der Waals surface area contributed by atoms with Gasteiger partial charge in [-0.25, -0.2) is 4.98 Å². The van der Waals surface area contributed by atoms with Crippen molar-refractivity contribution in [3.8, 4) is 5.75 Å². The number of hydrogen-bond donors (Lipinski definition) is 1. The Bertz CT molecular complexity index is 970. The first-order valence-corrected chi connectivity index (χ1v) is 9.25. The molecule has 0 fully saturated rings. The van der Waals surface area contributed by atoms with Crippen molar-refractivity contribution in [2.75, 3.05) is 13.7 Å². The lowest BCUT2D eigenvalue weighted by atomic mass is 10.2. The molecule has 2 aromatic heterocycles. The quantitative estimate of drug-likeness (QED) is 0.730. The molecule has 8 nitrogen and oxygen atoms in total. The molecule has 1 unspecified atom stereocenters. The second-order valence-corrected chi connectivity index (χ2v) is 7.10. The Morgan fingerprint density at radius 2 is 2.23 bits per heavy atom. The lowest BCUT2D eigenvalue weighted by Crippen LogP contribution is -2.32. The number of hydroxylamine groups is 2. The number of rotatable bonds is 5. The molecule has 3 aromatic rings. The number of nitrogens with one attached hydrogen (secondary N) is 1. The summed E-state index contributed by atoms with van der Waals surface area (Å²) >= 11 is 0. The van der Waals surface area contributed by atoms with Crippen LogP contribution in [0.15, 0.2) is 41.7 Å². The molecule has 1 atom stereocenters. The topological polar surface area (TPSA) is 97.4 Å². The largest absolute Gasteiger partial charge is 0.376 e. The van der Waals surface area contributed by atoms with Crippen LogP contribution >= 0.6 is 0 Å². The molecule has 0 spiro atoms. The Morgan fingerprint density at radius 1 is 1.38 bits per heavy atom. The first kappa shape index (κ1) is 16.7. The van der Waals surface area contributed by atoms with E-state index in [4.69, 9.17) is 9.57 Å². The minimum absolute atomic E-state index is 0.0678. The van der Waals surface area contributed by atoms with Crippen LogP contribution in [0.25, 0.3) is 11.0 Å². The standard InChI is InChI=1S/C17H16N4O4S/c1-24-9-16(22)21-8-11-14(18-7-6-15(11)25-21)10-26(23)17-19-12-4-2-3-5-13(12)20-17/h2-7H,8-10H2,1H3,(H,19,20). The summed E-state index contributed by atoms with van der Waals surface area (Å²) in [7, 11) is 0.0514. The van der Waals surface area contributed by atoms with Crippen molar-refractivity contribution < 1.29 is 18.6 Å². The van der Waals surface area contributed by atoms with Crippen LogP contribution < -0.4 is 4.84 Å². The van der Waals surface area contributed by atoms with Crippen LogP contribution in [0.5, 0.6) is 5.75 Å². The zero-order valence-electron chi connectivity index (χ0n) is 14.0. The van der Waals surface area contributed by atoms with Gasteiger partial charge >= 0.3 is 0 Å². The second-order valence-electron chi connectivity index (χ2n) is 5.74. The molecule has 0 saturated carbocycles. The number of fused-ring (bicyclic) bond motifs is 2. The molecule has 1 aliphatic rings. The predicted molar refractivity (Wildman–Crippen MR) is 93.5 cm³/mol. The van der Waals surface area contributed by atoms with E-state index in [-0.39, 0.29) is 24.8 Å². The van der Waals surface area contributed by atoms with E-state index in [9.17, 15) is 9.00 Å². The van der Waals surface area contributed by atoms with E-state index in [0.29, 0.717) is 16.6 Å². The molecular formula is C17H16N4O4S. The maximum atomic E-state index is 12.7. The van der Waals surface area contributed by atoms with Crippen LogP contribution in [0, 0.1) is 0 Å². The maximum absolute atomic E-state index is 12.7. The molecule has 1 amide bonds. The first-order chi connectivity index (χ1) is 12.7. The number of hydrogen-bond acceptors (Lipinski definition) is 6. The minimum Gasteiger partial charge on any atom is -0.376 e. The molecular weight excluding hydrogens is 356 g/mol. The van der Waals surface area contributed by atoms with Crippen molar-refractivity contribution >= 4 is 27.7 Å². The van der Waals surface area contributed by atoms with E-state index in [1.807, 2.05) is 24.3 Å². The number of ether oxygens (including phenoxy) is 1. The zero-order valence-corrected chi connectivity index (χ0v) is 14.8. The third kappa shape index (κ3) is 3.06. The Morgan fingerprint density at radius 3 is 3.04 bits per heavy atom. The summed E-state index contributed by atoms with van der Waals surface area (Å²) in [6, 6.07) is 9.20. The van der Waals surface area contributed by atoms with E-state index in [1.54, 1.807) is 12.3 Å². The average Bonchev–Trinajstić information content (AvgIpc) is 3.26. The van der Waals surface area contributed by atoms with Gasteiger partial charge in [0.15, 0.2) is 10.9 Å². The van der Waals surface area contributed by atoms with Gasteiger partial charge < -0.3 is 14.6 Å². The number of aromatic amines is 1. The Balaban J connectivity index is 1.56. The van der Waals surface area contributed by atoms with E-state index < -0.39 is 10.8 Å². The van der Waals surface area contributed by atoms with Crippen molar-refractivity contribution in [1.82, 2.24) is 20.0 Å². The molecule has 0 bridgehead atoms. The molecule has 26 heavy (non-hydrogen) atoms. The molecule has 1 aliphatic heterocycles. The molecule has 9 heteroatoms.